The molecule has 2 heterocycles. The highest BCUT2D eigenvalue weighted by Gasteiger charge is 2.21. The number of benzene rings is 1. The summed E-state index contributed by atoms with van der Waals surface area (Å²) < 4.78 is 5.04. The molecule has 0 atom stereocenters. The fraction of sp³-hybridized carbons (Fsp3) is 0.211. The number of aromatic nitrogens is 2. The molecule has 1 aromatic carbocycles. The molecule has 0 saturated heterocycles. The second-order valence-corrected chi connectivity index (χ2v) is 6.82. The summed E-state index contributed by atoms with van der Waals surface area (Å²) in [6.45, 7) is 6.31. The first kappa shape index (κ1) is 16.7. The van der Waals surface area contributed by atoms with Crippen LogP contribution in [0.25, 0.3) is 22.2 Å². The number of carbonyl (C=O) groups is 1. The van der Waals surface area contributed by atoms with Crippen LogP contribution in [0.2, 0.25) is 0 Å². The van der Waals surface area contributed by atoms with Gasteiger partial charge in [0.25, 0.3) is 0 Å². The van der Waals surface area contributed by atoms with Crippen molar-refractivity contribution in [1.29, 1.82) is 0 Å². The molecule has 0 aliphatic heterocycles. The minimum absolute atomic E-state index is 0.141. The first-order chi connectivity index (χ1) is 11.8. The molecule has 3 N–H and O–H groups in total. The molecule has 0 radical (unpaired) electrons. The summed E-state index contributed by atoms with van der Waals surface area (Å²) in [5, 5.41) is 0.809. The van der Waals surface area contributed by atoms with Crippen molar-refractivity contribution in [1.82, 2.24) is 9.97 Å². The molecule has 0 bridgehead atoms. The number of H-pyrrole nitrogens is 1. The van der Waals surface area contributed by atoms with E-state index >= 15 is 0 Å². The number of amides is 1. The Morgan fingerprint density at radius 3 is 2.56 bits per heavy atom. The highest BCUT2D eigenvalue weighted by Crippen LogP contribution is 2.37. The number of ether oxygens (including phenoxy) is 1. The molecule has 0 spiro atoms. The summed E-state index contributed by atoms with van der Waals surface area (Å²) in [5.41, 5.74) is 8.15. The number of fused-ring (bicyclic) bond motifs is 1. The molecule has 3 rings (SSSR count). The van der Waals surface area contributed by atoms with Crippen LogP contribution in [0.1, 0.15) is 26.3 Å². The van der Waals surface area contributed by atoms with E-state index in [1.165, 1.54) is 6.07 Å². The molecule has 0 aliphatic rings. The van der Waals surface area contributed by atoms with Crippen LogP contribution in [-0.4, -0.2) is 16.1 Å². The van der Waals surface area contributed by atoms with Gasteiger partial charge in [-0.1, -0.05) is 26.8 Å². The average molecular weight is 337 g/mol. The van der Waals surface area contributed by atoms with E-state index in [1.807, 2.05) is 12.1 Å². The Hall–Kier alpha value is -3.15. The smallest absolute Gasteiger partial charge is 0.409 e. The molecule has 0 saturated carbocycles. The molecule has 1 amide bonds. The molecular weight excluding hydrogens is 318 g/mol. The van der Waals surface area contributed by atoms with Gasteiger partial charge in [0, 0.05) is 17.6 Å². The van der Waals surface area contributed by atoms with Crippen LogP contribution in [0.4, 0.5) is 4.79 Å². The van der Waals surface area contributed by atoms with E-state index in [2.05, 4.69) is 30.7 Å². The van der Waals surface area contributed by atoms with Crippen molar-refractivity contribution >= 4 is 17.1 Å². The van der Waals surface area contributed by atoms with Crippen LogP contribution in [-0.2, 0) is 5.41 Å². The normalized spacial score (nSPS) is 11.5. The molecule has 128 valence electrons. The van der Waals surface area contributed by atoms with Crippen molar-refractivity contribution < 1.29 is 9.53 Å². The predicted molar refractivity (Wildman–Crippen MR) is 96.7 cm³/mol. The lowest BCUT2D eigenvalue weighted by molar-refractivity contribution is 0.211. The van der Waals surface area contributed by atoms with Crippen molar-refractivity contribution in [2.75, 3.05) is 0 Å². The second kappa shape index (κ2) is 6.05. The summed E-state index contributed by atoms with van der Waals surface area (Å²) in [4.78, 5) is 29.6. The van der Waals surface area contributed by atoms with Crippen LogP contribution in [0.5, 0.6) is 5.75 Å². The third kappa shape index (κ3) is 3.38. The van der Waals surface area contributed by atoms with Gasteiger partial charge < -0.3 is 15.5 Å². The highest BCUT2D eigenvalue weighted by molar-refractivity contribution is 5.93. The van der Waals surface area contributed by atoms with Crippen molar-refractivity contribution in [3.63, 3.8) is 0 Å². The average Bonchev–Trinajstić information content (AvgIpc) is 2.52. The molecular formula is C19H19N3O3. The fourth-order valence-electron chi connectivity index (χ4n) is 2.87. The van der Waals surface area contributed by atoms with Gasteiger partial charge in [0.1, 0.15) is 11.4 Å². The van der Waals surface area contributed by atoms with E-state index in [-0.39, 0.29) is 11.0 Å². The minimum atomic E-state index is -0.863. The number of primary amides is 1. The molecule has 25 heavy (non-hydrogen) atoms. The lowest BCUT2D eigenvalue weighted by Crippen LogP contribution is -2.17. The molecule has 3 aromatic rings. The first-order valence-electron chi connectivity index (χ1n) is 7.86. The SMILES string of the molecule is CC(C)(C)c1ccc(OC(N)=O)cc1-c1ccnc2[nH]c(=O)ccc12. The topological polar surface area (TPSA) is 98.1 Å². The largest absolute Gasteiger partial charge is 0.410 e. The van der Waals surface area contributed by atoms with E-state index in [4.69, 9.17) is 10.5 Å². The van der Waals surface area contributed by atoms with Crippen molar-refractivity contribution in [2.24, 2.45) is 5.73 Å². The van der Waals surface area contributed by atoms with E-state index in [9.17, 15) is 9.59 Å². The van der Waals surface area contributed by atoms with Gasteiger partial charge in [-0.25, -0.2) is 9.78 Å². The molecule has 6 heteroatoms. The number of nitrogens with two attached hydrogens (primary N) is 1. The number of hydrogen-bond acceptors (Lipinski definition) is 4. The van der Waals surface area contributed by atoms with E-state index < -0.39 is 6.09 Å². The zero-order valence-corrected chi connectivity index (χ0v) is 14.3. The number of aromatic amines is 1. The van der Waals surface area contributed by atoms with Gasteiger partial charge in [0.05, 0.1) is 0 Å². The third-order valence-corrected chi connectivity index (χ3v) is 3.94. The van der Waals surface area contributed by atoms with E-state index in [0.29, 0.717) is 11.4 Å². The number of carbonyl (C=O) groups excluding carboxylic acids is 1. The first-order valence-corrected chi connectivity index (χ1v) is 7.86. The minimum Gasteiger partial charge on any atom is -0.410 e. The Balaban J connectivity index is 2.31. The van der Waals surface area contributed by atoms with Crippen LogP contribution in [0, 0.1) is 0 Å². The number of nitrogens with one attached hydrogen (secondary N) is 1. The lowest BCUT2D eigenvalue weighted by Gasteiger charge is -2.24. The number of rotatable bonds is 2. The maximum atomic E-state index is 11.6. The van der Waals surface area contributed by atoms with Gasteiger partial charge in [-0.3, -0.25) is 4.79 Å². The van der Waals surface area contributed by atoms with Gasteiger partial charge in [0.15, 0.2) is 0 Å². The molecule has 2 aromatic heterocycles. The van der Waals surface area contributed by atoms with E-state index in [1.54, 1.807) is 24.4 Å². The standard InChI is InChI=1S/C19H19N3O3/c1-19(2,3)15-6-4-11(25-18(20)24)10-14(15)12-8-9-21-17-13(12)5-7-16(23)22-17/h4-10H,1-3H3,(H2,20,24)(H,21,22,23). The van der Waals surface area contributed by atoms with Crippen LogP contribution >= 0.6 is 0 Å². The van der Waals surface area contributed by atoms with Gasteiger partial charge in [-0.05, 0) is 46.4 Å². The summed E-state index contributed by atoms with van der Waals surface area (Å²) in [6.07, 6.45) is 0.778. The quantitative estimate of drug-likeness (QED) is 0.749. The monoisotopic (exact) mass is 337 g/mol. The number of hydrogen-bond donors (Lipinski definition) is 2. The van der Waals surface area contributed by atoms with Gasteiger partial charge >= 0.3 is 6.09 Å². The summed E-state index contributed by atoms with van der Waals surface area (Å²) >= 11 is 0. The Bertz CT molecular complexity index is 1020. The Labute approximate surface area is 144 Å². The Morgan fingerprint density at radius 1 is 1.12 bits per heavy atom. The van der Waals surface area contributed by atoms with Crippen molar-refractivity contribution in [2.45, 2.75) is 26.2 Å². The number of pyridine rings is 2. The van der Waals surface area contributed by atoms with Gasteiger partial charge in [-0.15, -0.1) is 0 Å². The van der Waals surface area contributed by atoms with Crippen LogP contribution < -0.4 is 16.0 Å². The second-order valence-electron chi connectivity index (χ2n) is 6.82. The number of nitrogens with zero attached hydrogens (tertiary/aromatic N) is 1. The predicted octanol–water partition coefficient (Wildman–Crippen LogP) is 3.35. The van der Waals surface area contributed by atoms with Crippen molar-refractivity contribution in [3.8, 4) is 16.9 Å². The summed E-state index contributed by atoms with van der Waals surface area (Å²) in [6, 6.07) is 10.5. The summed E-state index contributed by atoms with van der Waals surface area (Å²) in [7, 11) is 0. The maximum absolute atomic E-state index is 11.6. The molecule has 0 fully saturated rings. The van der Waals surface area contributed by atoms with Crippen molar-refractivity contribution in [3.05, 3.63) is 58.5 Å². The zero-order chi connectivity index (χ0) is 18.2. The molecule has 6 nitrogen and oxygen atoms in total. The lowest BCUT2D eigenvalue weighted by atomic mass is 9.81. The third-order valence-electron chi connectivity index (χ3n) is 3.94. The van der Waals surface area contributed by atoms with Gasteiger partial charge in [0.2, 0.25) is 5.56 Å². The summed E-state index contributed by atoms with van der Waals surface area (Å²) in [5.74, 6) is 0.366. The molecule has 0 aliphatic carbocycles. The zero-order valence-electron chi connectivity index (χ0n) is 14.3. The van der Waals surface area contributed by atoms with Crippen LogP contribution in [0.3, 0.4) is 0 Å². The molecule has 0 unspecified atom stereocenters. The van der Waals surface area contributed by atoms with Gasteiger partial charge in [-0.2, -0.15) is 0 Å². The maximum Gasteiger partial charge on any atom is 0.409 e. The van der Waals surface area contributed by atoms with E-state index in [0.717, 1.165) is 22.1 Å². The Morgan fingerprint density at radius 2 is 1.88 bits per heavy atom. The van der Waals surface area contributed by atoms with Crippen LogP contribution in [0.15, 0.2) is 47.4 Å². The highest BCUT2D eigenvalue weighted by atomic mass is 16.5. The fourth-order valence-corrected chi connectivity index (χ4v) is 2.87. The Kier molecular flexibility index (Phi) is 4.04.